The highest BCUT2D eigenvalue weighted by Crippen LogP contribution is 2.40. The minimum absolute atomic E-state index is 0.00773. The minimum Gasteiger partial charge on any atom is -0.496 e. The summed E-state index contributed by atoms with van der Waals surface area (Å²) >= 11 is 3.38. The topological polar surface area (TPSA) is 177 Å². The molecular weight excluding hydrogens is 1060 g/mol. The van der Waals surface area contributed by atoms with E-state index in [0.29, 0.717) is 33.8 Å². The molecule has 5 fully saturated rings. The van der Waals surface area contributed by atoms with E-state index >= 15 is 0 Å². The number of nitrogens with zero attached hydrogens (tertiary/aromatic N) is 4. The molecule has 4 amide bonds. The summed E-state index contributed by atoms with van der Waals surface area (Å²) in [5.74, 6) is 0.292. The van der Waals surface area contributed by atoms with E-state index in [1.807, 2.05) is 38.3 Å². The monoisotopic (exact) mass is 1130 g/mol. The molecule has 0 bridgehead atoms. The third-order valence-corrected chi connectivity index (χ3v) is 15.4. The van der Waals surface area contributed by atoms with Gasteiger partial charge in [-0.3, -0.25) is 29.3 Å². The van der Waals surface area contributed by atoms with Crippen molar-refractivity contribution >= 4 is 52.9 Å². The number of alkyl halides is 2. The minimum atomic E-state index is -1.13. The molecule has 0 spiro atoms. The van der Waals surface area contributed by atoms with Crippen LogP contribution in [0.4, 0.5) is 8.78 Å². The van der Waals surface area contributed by atoms with E-state index < -0.39 is 24.4 Å². The predicted molar refractivity (Wildman–Crippen MR) is 301 cm³/mol. The van der Waals surface area contributed by atoms with Crippen molar-refractivity contribution in [2.75, 3.05) is 33.9 Å². The van der Waals surface area contributed by atoms with Crippen molar-refractivity contribution in [2.24, 2.45) is 4.99 Å². The fourth-order valence-electron chi connectivity index (χ4n) is 9.51. The van der Waals surface area contributed by atoms with Gasteiger partial charge in [0.15, 0.2) is 0 Å². The summed E-state index contributed by atoms with van der Waals surface area (Å²) in [6.45, 7) is 13.0. The van der Waals surface area contributed by atoms with Gasteiger partial charge in [-0.05, 0) is 147 Å². The summed E-state index contributed by atoms with van der Waals surface area (Å²) in [7, 11) is 2.83. The Kier molecular flexibility index (Phi) is 18.4. The number of ether oxygens (including phenoxy) is 2. The zero-order valence-electron chi connectivity index (χ0n) is 45.5. The lowest BCUT2D eigenvalue weighted by molar-refractivity contribution is 0.00578. The summed E-state index contributed by atoms with van der Waals surface area (Å²) in [6.07, 6.45) is 9.51. The first-order chi connectivity index (χ1) is 37.4. The first-order valence-electron chi connectivity index (χ1n) is 26.7. The normalized spacial score (nSPS) is 21.5. The smallest absolute Gasteiger partial charge is 0.496 e. The molecule has 2 unspecified atom stereocenters. The number of likely N-dealkylation sites (tertiary alicyclic amines) is 2. The number of hydrogen-bond donors (Lipinski definition) is 3. The van der Waals surface area contributed by atoms with Crippen LogP contribution in [0.3, 0.4) is 0 Å². The van der Waals surface area contributed by atoms with Gasteiger partial charge in [0.25, 0.3) is 23.6 Å². The molecule has 1 aromatic heterocycles. The Morgan fingerprint density at radius 3 is 1.65 bits per heavy atom. The van der Waals surface area contributed by atoms with E-state index in [4.69, 9.17) is 18.8 Å². The molecule has 19 heteroatoms. The number of aliphatic imine (C=N–C) groups is 1. The van der Waals surface area contributed by atoms with Gasteiger partial charge >= 0.3 is 7.12 Å². The number of carbonyl (C=O) groups excluding carboxylic acids is 4. The lowest BCUT2D eigenvalue weighted by atomic mass is 9.79. The lowest BCUT2D eigenvalue weighted by Crippen LogP contribution is -2.41. The van der Waals surface area contributed by atoms with Crippen LogP contribution in [0.2, 0.25) is 0 Å². The van der Waals surface area contributed by atoms with Crippen molar-refractivity contribution in [2.45, 2.75) is 128 Å². The Balaban J connectivity index is 0.000000163. The largest absolute Gasteiger partial charge is 0.496 e. The van der Waals surface area contributed by atoms with Crippen molar-refractivity contribution in [1.82, 2.24) is 30.6 Å². The second kappa shape index (κ2) is 25.0. The van der Waals surface area contributed by atoms with Crippen molar-refractivity contribution in [1.29, 1.82) is 0 Å². The molecule has 4 aromatic carbocycles. The maximum absolute atomic E-state index is 14.5. The van der Waals surface area contributed by atoms with Crippen molar-refractivity contribution in [3.63, 3.8) is 0 Å². The Labute approximate surface area is 464 Å². The van der Waals surface area contributed by atoms with Gasteiger partial charge in [-0.15, -0.1) is 0 Å². The van der Waals surface area contributed by atoms with Crippen molar-refractivity contribution < 1.29 is 46.7 Å². The van der Waals surface area contributed by atoms with E-state index in [2.05, 4.69) is 69.4 Å². The first kappa shape index (κ1) is 57.5. The number of carbonyl (C=O) groups is 4. The van der Waals surface area contributed by atoms with E-state index in [1.165, 1.54) is 7.11 Å². The van der Waals surface area contributed by atoms with Gasteiger partial charge in [-0.2, -0.15) is 5.10 Å². The predicted octanol–water partition coefficient (Wildman–Crippen LogP) is 10.8. The maximum Gasteiger partial charge on any atom is 0.496 e. The molecule has 5 heterocycles. The average molecular weight is 1130 g/mol. The zero-order chi connectivity index (χ0) is 55.9. The molecule has 5 aromatic rings. The number of H-pyrrole nitrogens is 1. The highest BCUT2D eigenvalue weighted by atomic mass is 79.9. The second-order valence-electron chi connectivity index (χ2n) is 20.9. The molecule has 412 valence electrons. The van der Waals surface area contributed by atoms with Gasteiger partial charge in [0.05, 0.1) is 67.8 Å². The van der Waals surface area contributed by atoms with Crippen LogP contribution in [-0.4, -0.2) is 126 Å². The quantitative estimate of drug-likeness (QED) is 0.103. The summed E-state index contributed by atoms with van der Waals surface area (Å²) in [5, 5.41) is 12.7. The number of amides is 4. The molecule has 78 heavy (non-hydrogen) atoms. The number of nitrogens with one attached hydrogen (secondary N) is 3. The van der Waals surface area contributed by atoms with Crippen LogP contribution in [0.15, 0.2) is 118 Å². The molecule has 4 aliphatic heterocycles. The van der Waals surface area contributed by atoms with Crippen molar-refractivity contribution in [3.05, 3.63) is 147 Å². The van der Waals surface area contributed by atoms with Crippen LogP contribution < -0.4 is 20.1 Å². The standard InChI is InChI=1S/C25H25FN4O3.C22H22BrFN2O3.C10H16BNO2.C2H6/c1-33-23-10-17(5-8-21(23)18-12-27-28-13-18)25(32)30-14-19(26)11-22(30)15-3-2-4-16(9-15)24(31)29-20-6-7-20;1-29-20-10-15(5-8-18(20)23)22(28)26-12-16(24)11-19(26)13-3-2-4-14(9-13)21(27)25-17-6-7-17;1-9(2)10(3,4)14-11(13-9)8-5-6-12-7-8;1-2/h2-5,8-10,12-13,19-20,22H,6-7,11,14H2,1H3,(H,27,28)(H,29,31);2-5,8-10,16-17,19H,6-7,11-12H2,1H3,(H,25,27);5,7H,6H2,1-4H3;1-2H3/t19?,22-;16?,19-;;/m11../s1. The average Bonchev–Trinajstić information content (AvgIpc) is 4.12. The second-order valence-corrected chi connectivity index (χ2v) is 21.8. The van der Waals surface area contributed by atoms with Crippen LogP contribution in [0.1, 0.15) is 145 Å². The lowest BCUT2D eigenvalue weighted by Gasteiger charge is -2.32. The summed E-state index contributed by atoms with van der Waals surface area (Å²) in [6, 6.07) is 24.2. The Hall–Kier alpha value is -6.70. The number of rotatable bonds is 12. The Morgan fingerprint density at radius 1 is 0.705 bits per heavy atom. The van der Waals surface area contributed by atoms with E-state index in [0.717, 1.165) is 64.4 Å². The third kappa shape index (κ3) is 13.6. The van der Waals surface area contributed by atoms with Crippen LogP contribution >= 0.6 is 15.9 Å². The number of halogens is 3. The zero-order valence-corrected chi connectivity index (χ0v) is 47.1. The molecule has 3 N–H and O–H groups in total. The summed E-state index contributed by atoms with van der Waals surface area (Å²) < 4.78 is 52.1. The van der Waals surface area contributed by atoms with Crippen LogP contribution in [-0.2, 0) is 9.31 Å². The third-order valence-electron chi connectivity index (χ3n) is 14.8. The summed E-state index contributed by atoms with van der Waals surface area (Å²) in [5.41, 5.74) is 5.63. The van der Waals surface area contributed by atoms with Gasteiger partial charge < -0.3 is 39.2 Å². The molecular formula is C59H69BBrF2N7O8. The molecule has 2 aliphatic carbocycles. The van der Waals surface area contributed by atoms with Gasteiger partial charge in [0.1, 0.15) is 23.8 Å². The molecule has 6 aliphatic rings. The Bertz CT molecular complexity index is 3010. The number of aromatic amines is 1. The molecule has 15 nitrogen and oxygen atoms in total. The number of benzene rings is 4. The molecule has 0 radical (unpaired) electrons. The van der Waals surface area contributed by atoms with Gasteiger partial charge in [0, 0.05) is 70.7 Å². The number of hydrogen-bond acceptors (Lipinski definition) is 10. The van der Waals surface area contributed by atoms with Crippen LogP contribution in [0, 0.1) is 0 Å². The van der Waals surface area contributed by atoms with E-state index in [-0.39, 0.29) is 80.0 Å². The fourth-order valence-corrected chi connectivity index (χ4v) is 9.92. The van der Waals surface area contributed by atoms with Gasteiger partial charge in [-0.1, -0.05) is 44.2 Å². The maximum atomic E-state index is 14.5. The highest BCUT2D eigenvalue weighted by molar-refractivity contribution is 9.10. The number of aromatic nitrogens is 2. The SMILES string of the molecule is CC.CC1(C)OB(C2=CCN=C2)OC1(C)C.COc1cc(C(=O)N2CC(F)C[C@@H]2c2cccc(C(=O)NC3CC3)c2)ccc1-c1cn[nH]c1.COc1cc(C(=O)N2CC(F)C[C@@H]2c2cccc(C(=O)NC3CC3)c2)ccc1Br. The number of methoxy groups -OCH3 is 2. The molecule has 11 rings (SSSR count). The van der Waals surface area contributed by atoms with Crippen molar-refractivity contribution in [3.8, 4) is 22.6 Å². The molecule has 3 saturated heterocycles. The highest BCUT2D eigenvalue weighted by Gasteiger charge is 2.52. The van der Waals surface area contributed by atoms with Crippen LogP contribution in [0.5, 0.6) is 11.5 Å². The molecule has 2 saturated carbocycles. The fraction of sp³-hybridized carbons (Fsp3) is 0.424. The Morgan fingerprint density at radius 2 is 1.21 bits per heavy atom. The van der Waals surface area contributed by atoms with Gasteiger partial charge in [0.2, 0.25) is 0 Å². The summed E-state index contributed by atoms with van der Waals surface area (Å²) in [4.78, 5) is 58.6. The molecule has 4 atom stereocenters. The van der Waals surface area contributed by atoms with Crippen LogP contribution in [0.25, 0.3) is 11.1 Å². The van der Waals surface area contributed by atoms with E-state index in [9.17, 15) is 28.0 Å². The first-order valence-corrected chi connectivity index (χ1v) is 27.5. The number of allylic oxidation sites excluding steroid dienone is 1. The van der Waals surface area contributed by atoms with E-state index in [1.54, 1.807) is 102 Å². The van der Waals surface area contributed by atoms with Gasteiger partial charge in [-0.25, -0.2) is 8.78 Å².